The molecule has 0 amide bonds. The number of hydrogen-bond acceptors (Lipinski definition) is 4. The van der Waals surface area contributed by atoms with E-state index in [1.165, 1.54) is 11.4 Å². The van der Waals surface area contributed by atoms with E-state index in [0.717, 1.165) is 38.0 Å². The van der Waals surface area contributed by atoms with Crippen molar-refractivity contribution in [1.82, 2.24) is 0 Å². The monoisotopic (exact) mass is 334 g/mol. The molecule has 3 nitrogen and oxygen atoms in total. The predicted molar refractivity (Wildman–Crippen MR) is 94.6 cm³/mol. The maximum Gasteiger partial charge on any atom is 0.334 e. The van der Waals surface area contributed by atoms with Crippen molar-refractivity contribution in [2.45, 2.75) is 65.6 Å². The van der Waals surface area contributed by atoms with Crippen LogP contribution in [0.3, 0.4) is 0 Å². The molecule has 0 aromatic heterocycles. The number of carbonyl (C=O) groups excluding carboxylic acids is 1. The molecule has 5 heteroatoms. The number of carbonyl (C=O) groups is 1. The van der Waals surface area contributed by atoms with Crippen LogP contribution < -0.4 is 0 Å². The zero-order chi connectivity index (χ0) is 16.3. The Labute approximate surface area is 134 Å². The van der Waals surface area contributed by atoms with Gasteiger partial charge in [-0.15, -0.1) is 0 Å². The Morgan fingerprint density at radius 3 is 2.10 bits per heavy atom. The molecule has 124 valence electrons. The quantitative estimate of drug-likeness (QED) is 0.284. The van der Waals surface area contributed by atoms with Crippen LogP contribution in [0.2, 0.25) is 0 Å². The standard InChI is InChI=1S/C16H31O3PS/c1-6-10-12-20(18,13-11-7-2)21-14(5)15(8-3)16(17)19-9-4/h8,14H,6-7,9-13H2,1-5H3. The van der Waals surface area contributed by atoms with Gasteiger partial charge in [-0.1, -0.05) is 44.1 Å². The van der Waals surface area contributed by atoms with Crippen LogP contribution in [0.15, 0.2) is 11.6 Å². The van der Waals surface area contributed by atoms with Crippen molar-refractivity contribution in [1.29, 1.82) is 0 Å². The third-order valence-corrected chi connectivity index (χ3v) is 9.46. The van der Waals surface area contributed by atoms with Crippen LogP contribution >= 0.6 is 17.7 Å². The number of rotatable bonds is 11. The lowest BCUT2D eigenvalue weighted by molar-refractivity contribution is -0.138. The molecule has 0 rings (SSSR count). The van der Waals surface area contributed by atoms with Gasteiger partial charge >= 0.3 is 5.97 Å². The summed E-state index contributed by atoms with van der Waals surface area (Å²) in [4.78, 5) is 11.9. The normalized spacial score (nSPS) is 14.0. The summed E-state index contributed by atoms with van der Waals surface area (Å²) in [5.74, 6) is -0.280. The molecule has 0 bridgehead atoms. The van der Waals surface area contributed by atoms with Crippen LogP contribution in [0.5, 0.6) is 0 Å². The highest BCUT2D eigenvalue weighted by Crippen LogP contribution is 2.62. The van der Waals surface area contributed by atoms with Gasteiger partial charge in [-0.25, -0.2) is 4.79 Å². The summed E-state index contributed by atoms with van der Waals surface area (Å²) in [6, 6.07) is 0. The number of hydrogen-bond donors (Lipinski definition) is 0. The Morgan fingerprint density at radius 2 is 1.71 bits per heavy atom. The molecule has 0 heterocycles. The van der Waals surface area contributed by atoms with Crippen LogP contribution in [0, 0.1) is 0 Å². The molecule has 0 aliphatic carbocycles. The fraction of sp³-hybridized carbons (Fsp3) is 0.812. The van der Waals surface area contributed by atoms with Crippen LogP contribution in [-0.4, -0.2) is 30.1 Å². The molecule has 0 saturated carbocycles. The van der Waals surface area contributed by atoms with Crippen molar-refractivity contribution >= 4 is 23.7 Å². The molecule has 0 saturated heterocycles. The van der Waals surface area contributed by atoms with Crippen LogP contribution in [0.25, 0.3) is 0 Å². The third-order valence-electron chi connectivity index (χ3n) is 3.32. The molecular formula is C16H31O3PS. The fourth-order valence-corrected chi connectivity index (χ4v) is 8.52. The second-order valence-corrected chi connectivity index (χ2v) is 11.3. The topological polar surface area (TPSA) is 43.4 Å². The van der Waals surface area contributed by atoms with Gasteiger partial charge in [0.2, 0.25) is 0 Å². The van der Waals surface area contributed by atoms with Crippen LogP contribution in [0.4, 0.5) is 0 Å². The van der Waals surface area contributed by atoms with Gasteiger partial charge in [0.1, 0.15) is 6.34 Å². The minimum absolute atomic E-state index is 0.0754. The molecule has 0 aliphatic heterocycles. The van der Waals surface area contributed by atoms with E-state index in [2.05, 4.69) is 13.8 Å². The first-order chi connectivity index (χ1) is 9.94. The second-order valence-electron chi connectivity index (χ2n) is 5.18. The first-order valence-electron chi connectivity index (χ1n) is 8.03. The highest BCUT2D eigenvalue weighted by molar-refractivity contribution is 8.58. The highest BCUT2D eigenvalue weighted by atomic mass is 32.7. The van der Waals surface area contributed by atoms with Gasteiger partial charge in [0.25, 0.3) is 0 Å². The van der Waals surface area contributed by atoms with Gasteiger partial charge in [-0.05, 0) is 33.6 Å². The van der Waals surface area contributed by atoms with Crippen molar-refractivity contribution < 1.29 is 14.1 Å². The highest BCUT2D eigenvalue weighted by Gasteiger charge is 2.28. The maximum atomic E-state index is 13.1. The van der Waals surface area contributed by atoms with Crippen LogP contribution in [0.1, 0.15) is 60.3 Å². The summed E-state index contributed by atoms with van der Waals surface area (Å²) >= 11 is 1.50. The van der Waals surface area contributed by atoms with E-state index in [1.807, 2.05) is 13.8 Å². The fourth-order valence-electron chi connectivity index (χ4n) is 2.09. The first-order valence-corrected chi connectivity index (χ1v) is 11.6. The lowest BCUT2D eigenvalue weighted by Crippen LogP contribution is -2.16. The summed E-state index contributed by atoms with van der Waals surface area (Å²) in [5, 5.41) is -0.0754. The summed E-state index contributed by atoms with van der Waals surface area (Å²) in [6.07, 6.45) is 5.17. The largest absolute Gasteiger partial charge is 0.463 e. The van der Waals surface area contributed by atoms with Crippen molar-refractivity contribution in [3.8, 4) is 0 Å². The molecule has 1 unspecified atom stereocenters. The molecule has 0 N–H and O–H groups in total. The molecule has 1 atom stereocenters. The van der Waals surface area contributed by atoms with Gasteiger partial charge in [-0.3, -0.25) is 0 Å². The Morgan fingerprint density at radius 1 is 1.19 bits per heavy atom. The minimum atomic E-state index is -2.27. The second kappa shape index (κ2) is 11.4. The van der Waals surface area contributed by atoms with Gasteiger partial charge in [0.15, 0.2) is 0 Å². The molecule has 0 aromatic rings. The number of ether oxygens (including phenoxy) is 1. The van der Waals surface area contributed by atoms with Crippen molar-refractivity contribution in [3.63, 3.8) is 0 Å². The maximum absolute atomic E-state index is 13.1. The SMILES string of the molecule is CC=C(C(=O)OCC)C(C)SP(=O)(CCCC)CCCC. The van der Waals surface area contributed by atoms with E-state index < -0.39 is 6.34 Å². The van der Waals surface area contributed by atoms with E-state index in [9.17, 15) is 9.36 Å². The van der Waals surface area contributed by atoms with E-state index in [1.54, 1.807) is 13.0 Å². The molecular weight excluding hydrogens is 303 g/mol. The first kappa shape index (κ1) is 20.8. The van der Waals surface area contributed by atoms with Crippen molar-refractivity contribution in [3.05, 3.63) is 11.6 Å². The molecule has 0 fully saturated rings. The Bertz CT molecular complexity index is 368. The molecule has 0 spiro atoms. The number of allylic oxidation sites excluding steroid dienone is 1. The van der Waals surface area contributed by atoms with Gasteiger partial charge < -0.3 is 9.30 Å². The smallest absolute Gasteiger partial charge is 0.334 e. The summed E-state index contributed by atoms with van der Waals surface area (Å²) in [6.45, 7) is 10.2. The predicted octanol–water partition coefficient (Wildman–Crippen LogP) is 5.50. The van der Waals surface area contributed by atoms with Gasteiger partial charge in [0.05, 0.1) is 6.61 Å². The molecule has 21 heavy (non-hydrogen) atoms. The Hall–Kier alpha value is -0.210. The average Bonchev–Trinajstić information content (AvgIpc) is 2.44. The number of unbranched alkanes of at least 4 members (excludes halogenated alkanes) is 2. The van der Waals surface area contributed by atoms with E-state index in [4.69, 9.17) is 4.74 Å². The molecule has 0 aromatic carbocycles. The molecule has 0 aliphatic rings. The Balaban J connectivity index is 4.88. The minimum Gasteiger partial charge on any atom is -0.463 e. The van der Waals surface area contributed by atoms with Crippen LogP contribution in [-0.2, 0) is 14.1 Å². The zero-order valence-corrected chi connectivity index (χ0v) is 15.9. The third kappa shape index (κ3) is 8.11. The van der Waals surface area contributed by atoms with E-state index in [0.29, 0.717) is 12.2 Å². The van der Waals surface area contributed by atoms with Crippen molar-refractivity contribution in [2.24, 2.45) is 0 Å². The Kier molecular flexibility index (Phi) is 11.3. The summed E-state index contributed by atoms with van der Waals surface area (Å²) in [7, 11) is 0. The van der Waals surface area contributed by atoms with Crippen molar-refractivity contribution in [2.75, 3.05) is 18.9 Å². The van der Waals surface area contributed by atoms with E-state index in [-0.39, 0.29) is 11.2 Å². The summed E-state index contributed by atoms with van der Waals surface area (Å²) in [5.41, 5.74) is 0.634. The van der Waals surface area contributed by atoms with Gasteiger partial charge in [-0.2, -0.15) is 0 Å². The molecule has 0 radical (unpaired) electrons. The lowest BCUT2D eigenvalue weighted by atomic mass is 10.2. The van der Waals surface area contributed by atoms with Gasteiger partial charge in [0, 0.05) is 23.1 Å². The lowest BCUT2D eigenvalue weighted by Gasteiger charge is -2.22. The van der Waals surface area contributed by atoms with E-state index >= 15 is 0 Å². The average molecular weight is 334 g/mol. The zero-order valence-electron chi connectivity index (χ0n) is 14.2. The summed E-state index contributed by atoms with van der Waals surface area (Å²) < 4.78 is 18.2. The number of esters is 1.